The van der Waals surface area contributed by atoms with Gasteiger partial charge in [0.25, 0.3) is 5.91 Å². The number of rotatable bonds is 6. The molecule has 8 nitrogen and oxygen atoms in total. The van der Waals surface area contributed by atoms with Crippen LogP contribution in [0.15, 0.2) is 24.7 Å². The summed E-state index contributed by atoms with van der Waals surface area (Å²) < 4.78 is 5.40. The van der Waals surface area contributed by atoms with Gasteiger partial charge in [0.2, 0.25) is 0 Å². The highest BCUT2D eigenvalue weighted by molar-refractivity contribution is 5.96. The van der Waals surface area contributed by atoms with Crippen LogP contribution in [0.1, 0.15) is 34.1 Å². The van der Waals surface area contributed by atoms with E-state index >= 15 is 0 Å². The zero-order chi connectivity index (χ0) is 18.5. The van der Waals surface area contributed by atoms with Crippen LogP contribution in [0, 0.1) is 6.92 Å². The molecule has 1 atom stereocenters. The van der Waals surface area contributed by atoms with Gasteiger partial charge in [-0.3, -0.25) is 9.78 Å². The van der Waals surface area contributed by atoms with Crippen LogP contribution in [0.3, 0.4) is 0 Å². The van der Waals surface area contributed by atoms with Gasteiger partial charge in [0.05, 0.1) is 24.1 Å². The molecule has 3 rings (SSSR count). The first-order chi connectivity index (χ1) is 12.5. The second kappa shape index (κ2) is 8.09. The maximum Gasteiger partial charge on any atom is 0.257 e. The van der Waals surface area contributed by atoms with Gasteiger partial charge in [0.15, 0.2) is 0 Å². The molecule has 1 fully saturated rings. The van der Waals surface area contributed by atoms with Crippen molar-refractivity contribution in [3.8, 4) is 5.75 Å². The smallest absolute Gasteiger partial charge is 0.257 e. The van der Waals surface area contributed by atoms with E-state index in [2.05, 4.69) is 20.3 Å². The lowest BCUT2D eigenvalue weighted by Crippen LogP contribution is -2.31. The molecular formula is C18H23N5O3. The van der Waals surface area contributed by atoms with E-state index in [4.69, 9.17) is 4.74 Å². The lowest BCUT2D eigenvalue weighted by atomic mass is 10.1. The molecule has 0 unspecified atom stereocenters. The third kappa shape index (κ3) is 4.26. The van der Waals surface area contributed by atoms with Gasteiger partial charge >= 0.3 is 0 Å². The summed E-state index contributed by atoms with van der Waals surface area (Å²) in [5.74, 6) is 0.687. The SMILES string of the molecule is Cc1cc(C(=O)N(C)CCNc2cc([C@@H]3CCOC3)ncn2)c(O)cn1. The summed E-state index contributed by atoms with van der Waals surface area (Å²) in [5, 5.41) is 13.1. The van der Waals surface area contributed by atoms with Gasteiger partial charge in [-0.25, -0.2) is 9.97 Å². The van der Waals surface area contributed by atoms with Crippen molar-refractivity contribution in [2.75, 3.05) is 38.7 Å². The fourth-order valence-electron chi connectivity index (χ4n) is 2.84. The number of ether oxygens (including phenoxy) is 1. The number of carbonyl (C=O) groups excluding carboxylic acids is 1. The van der Waals surface area contributed by atoms with Crippen LogP contribution in [0.2, 0.25) is 0 Å². The number of hydrogen-bond donors (Lipinski definition) is 2. The number of aromatic nitrogens is 3. The quantitative estimate of drug-likeness (QED) is 0.809. The van der Waals surface area contributed by atoms with Crippen molar-refractivity contribution in [1.29, 1.82) is 0 Å². The molecule has 2 aromatic rings. The molecule has 1 aliphatic heterocycles. The van der Waals surface area contributed by atoms with Crippen molar-refractivity contribution >= 4 is 11.7 Å². The maximum absolute atomic E-state index is 12.5. The van der Waals surface area contributed by atoms with Crippen LogP contribution in [0.4, 0.5) is 5.82 Å². The van der Waals surface area contributed by atoms with Gasteiger partial charge < -0.3 is 20.1 Å². The Bertz CT molecular complexity index is 777. The van der Waals surface area contributed by atoms with Crippen molar-refractivity contribution in [3.05, 3.63) is 41.6 Å². The van der Waals surface area contributed by atoms with E-state index in [1.54, 1.807) is 31.3 Å². The molecule has 0 bridgehead atoms. The van der Waals surface area contributed by atoms with Gasteiger partial charge in [-0.2, -0.15) is 0 Å². The van der Waals surface area contributed by atoms with Crippen LogP contribution in [-0.4, -0.2) is 64.2 Å². The predicted molar refractivity (Wildman–Crippen MR) is 96.3 cm³/mol. The zero-order valence-corrected chi connectivity index (χ0v) is 15.0. The Morgan fingerprint density at radius 2 is 2.23 bits per heavy atom. The predicted octanol–water partition coefficient (Wildman–Crippen LogP) is 1.57. The lowest BCUT2D eigenvalue weighted by Gasteiger charge is -2.18. The van der Waals surface area contributed by atoms with E-state index in [9.17, 15) is 9.90 Å². The van der Waals surface area contributed by atoms with E-state index in [-0.39, 0.29) is 17.2 Å². The van der Waals surface area contributed by atoms with Crippen LogP contribution >= 0.6 is 0 Å². The molecule has 138 valence electrons. The molecule has 1 amide bonds. The summed E-state index contributed by atoms with van der Waals surface area (Å²) in [6, 6.07) is 3.52. The van der Waals surface area contributed by atoms with Crippen LogP contribution in [-0.2, 0) is 4.74 Å². The summed E-state index contributed by atoms with van der Waals surface area (Å²) in [6.45, 7) is 4.24. The second-order valence-electron chi connectivity index (χ2n) is 6.38. The lowest BCUT2D eigenvalue weighted by molar-refractivity contribution is 0.0797. The van der Waals surface area contributed by atoms with Crippen molar-refractivity contribution in [1.82, 2.24) is 19.9 Å². The summed E-state index contributed by atoms with van der Waals surface area (Å²) in [4.78, 5) is 26.5. The maximum atomic E-state index is 12.5. The largest absolute Gasteiger partial charge is 0.505 e. The molecule has 0 aliphatic carbocycles. The number of anilines is 1. The molecule has 2 N–H and O–H groups in total. The van der Waals surface area contributed by atoms with Crippen LogP contribution < -0.4 is 5.32 Å². The highest BCUT2D eigenvalue weighted by atomic mass is 16.5. The van der Waals surface area contributed by atoms with E-state index in [1.807, 2.05) is 6.07 Å². The number of carbonyl (C=O) groups is 1. The van der Waals surface area contributed by atoms with Gasteiger partial charge in [0.1, 0.15) is 17.9 Å². The second-order valence-corrected chi connectivity index (χ2v) is 6.38. The minimum Gasteiger partial charge on any atom is -0.505 e. The molecule has 0 aromatic carbocycles. The van der Waals surface area contributed by atoms with E-state index < -0.39 is 0 Å². The van der Waals surface area contributed by atoms with Crippen molar-refractivity contribution < 1.29 is 14.6 Å². The number of pyridine rings is 1. The summed E-state index contributed by atoms with van der Waals surface area (Å²) in [6.07, 6.45) is 3.81. The van der Waals surface area contributed by atoms with Crippen LogP contribution in [0.25, 0.3) is 0 Å². The number of likely N-dealkylation sites (N-methyl/N-ethyl adjacent to an activating group) is 1. The number of nitrogens with one attached hydrogen (secondary N) is 1. The van der Waals surface area contributed by atoms with Gasteiger partial charge in [-0.15, -0.1) is 0 Å². The number of hydrogen-bond acceptors (Lipinski definition) is 7. The van der Waals surface area contributed by atoms with E-state index in [0.29, 0.717) is 31.3 Å². The third-order valence-electron chi connectivity index (χ3n) is 4.39. The average molecular weight is 357 g/mol. The molecule has 0 saturated carbocycles. The third-order valence-corrected chi connectivity index (χ3v) is 4.39. The number of aryl methyl sites for hydroxylation is 1. The molecule has 0 radical (unpaired) electrons. The molecule has 1 saturated heterocycles. The Morgan fingerprint density at radius 1 is 1.38 bits per heavy atom. The minimum atomic E-state index is -0.249. The van der Waals surface area contributed by atoms with Gasteiger partial charge in [0, 0.05) is 44.4 Å². The van der Waals surface area contributed by atoms with Crippen LogP contribution in [0.5, 0.6) is 5.75 Å². The Kier molecular flexibility index (Phi) is 5.62. The summed E-state index contributed by atoms with van der Waals surface area (Å²) in [5.41, 5.74) is 1.91. The van der Waals surface area contributed by atoms with E-state index in [1.165, 1.54) is 6.20 Å². The minimum absolute atomic E-state index is 0.111. The number of nitrogens with zero attached hydrogens (tertiary/aromatic N) is 4. The molecular weight excluding hydrogens is 334 g/mol. The van der Waals surface area contributed by atoms with Crippen molar-refractivity contribution in [3.63, 3.8) is 0 Å². The Labute approximate surface area is 152 Å². The molecule has 2 aromatic heterocycles. The highest BCUT2D eigenvalue weighted by Gasteiger charge is 2.20. The Hall–Kier alpha value is -2.74. The monoisotopic (exact) mass is 357 g/mol. The van der Waals surface area contributed by atoms with E-state index in [0.717, 1.165) is 24.5 Å². The average Bonchev–Trinajstić information content (AvgIpc) is 3.18. The van der Waals surface area contributed by atoms with Gasteiger partial charge in [-0.05, 0) is 19.4 Å². The summed E-state index contributed by atoms with van der Waals surface area (Å²) in [7, 11) is 1.69. The molecule has 3 heterocycles. The first kappa shape index (κ1) is 18.1. The van der Waals surface area contributed by atoms with Crippen molar-refractivity contribution in [2.45, 2.75) is 19.3 Å². The Morgan fingerprint density at radius 3 is 3.00 bits per heavy atom. The fourth-order valence-corrected chi connectivity index (χ4v) is 2.84. The molecule has 26 heavy (non-hydrogen) atoms. The summed E-state index contributed by atoms with van der Waals surface area (Å²) >= 11 is 0. The van der Waals surface area contributed by atoms with Crippen molar-refractivity contribution in [2.24, 2.45) is 0 Å². The molecule has 0 spiro atoms. The fraction of sp³-hybridized carbons (Fsp3) is 0.444. The standard InChI is InChI=1S/C18H23N5O3/c1-12-7-14(16(24)9-20-12)18(25)23(2)5-4-19-17-8-15(21-11-22-17)13-3-6-26-10-13/h7-9,11,13,24H,3-6,10H2,1-2H3,(H,19,21,22)/t13-/m1/s1. The topological polar surface area (TPSA) is 100 Å². The number of amides is 1. The normalized spacial score (nSPS) is 16.5. The first-order valence-electron chi connectivity index (χ1n) is 8.59. The highest BCUT2D eigenvalue weighted by Crippen LogP contribution is 2.24. The first-order valence-corrected chi connectivity index (χ1v) is 8.59. The zero-order valence-electron chi connectivity index (χ0n) is 15.0. The Balaban J connectivity index is 1.55. The molecule has 8 heteroatoms. The number of aromatic hydroxyl groups is 1. The molecule has 1 aliphatic rings. The van der Waals surface area contributed by atoms with Gasteiger partial charge in [-0.1, -0.05) is 0 Å².